The Kier molecular flexibility index (Phi) is 11.2. The van der Waals surface area contributed by atoms with Gasteiger partial charge >= 0.3 is 5.97 Å². The van der Waals surface area contributed by atoms with Gasteiger partial charge in [-0.15, -0.1) is 0 Å². The van der Waals surface area contributed by atoms with Gasteiger partial charge in [0.1, 0.15) is 4.32 Å². The van der Waals surface area contributed by atoms with Crippen LogP contribution in [-0.4, -0.2) is 64.8 Å². The van der Waals surface area contributed by atoms with Crippen molar-refractivity contribution in [3.05, 3.63) is 63.0 Å². The van der Waals surface area contributed by atoms with Gasteiger partial charge in [-0.1, -0.05) is 61.2 Å². The molecule has 2 aliphatic heterocycles. The van der Waals surface area contributed by atoms with E-state index >= 15 is 0 Å². The van der Waals surface area contributed by atoms with Crippen LogP contribution in [0.25, 0.3) is 6.08 Å². The molecular weight excluding hydrogens is 628 g/mol. The Morgan fingerprint density at radius 1 is 1.10 bits per heavy atom. The fourth-order valence-corrected chi connectivity index (χ4v) is 6.49. The zero-order valence-electron chi connectivity index (χ0n) is 23.1. The van der Waals surface area contributed by atoms with Gasteiger partial charge in [0.05, 0.1) is 22.6 Å². The maximum Gasteiger partial charge on any atom is 0.333 e. The molecule has 218 valence electrons. The fourth-order valence-electron chi connectivity index (χ4n) is 4.60. The molecule has 41 heavy (non-hydrogen) atoms. The molecule has 0 radical (unpaired) electrons. The van der Waals surface area contributed by atoms with E-state index in [4.69, 9.17) is 26.4 Å². The number of thioether (sulfide) groups is 1. The van der Waals surface area contributed by atoms with Gasteiger partial charge in [0.25, 0.3) is 11.8 Å². The first-order valence-electron chi connectivity index (χ1n) is 13.7. The summed E-state index contributed by atoms with van der Waals surface area (Å²) in [5, 5.41) is 0. The Morgan fingerprint density at radius 2 is 1.83 bits per heavy atom. The van der Waals surface area contributed by atoms with Crippen molar-refractivity contribution < 1.29 is 28.6 Å². The monoisotopic (exact) mass is 660 g/mol. The van der Waals surface area contributed by atoms with Crippen molar-refractivity contribution in [1.82, 2.24) is 9.80 Å². The van der Waals surface area contributed by atoms with Gasteiger partial charge in [-0.2, -0.15) is 0 Å². The van der Waals surface area contributed by atoms with E-state index in [9.17, 15) is 14.4 Å². The van der Waals surface area contributed by atoms with E-state index in [-0.39, 0.29) is 29.3 Å². The predicted molar refractivity (Wildman–Crippen MR) is 167 cm³/mol. The Morgan fingerprint density at radius 3 is 2.51 bits per heavy atom. The van der Waals surface area contributed by atoms with Crippen LogP contribution in [0.3, 0.4) is 0 Å². The smallest absolute Gasteiger partial charge is 0.333 e. The number of esters is 1. The summed E-state index contributed by atoms with van der Waals surface area (Å²) >= 11 is 10.2. The van der Waals surface area contributed by atoms with Crippen molar-refractivity contribution in [3.63, 3.8) is 0 Å². The quantitative estimate of drug-likeness (QED) is 0.162. The summed E-state index contributed by atoms with van der Waals surface area (Å²) in [4.78, 5) is 42.9. The van der Waals surface area contributed by atoms with Gasteiger partial charge in [0.2, 0.25) is 0 Å². The summed E-state index contributed by atoms with van der Waals surface area (Å²) in [6.07, 6.45) is 5.52. The maximum atomic E-state index is 13.6. The van der Waals surface area contributed by atoms with E-state index < -0.39 is 12.0 Å². The SMILES string of the molecule is CCCOC(=O)C(c1ccccc1)N1C(=O)/C(=C\c2cc(Br)c(OCC(=O)N3CCCCC3)c(OCC)c2)SC1=S. The number of hydrogen-bond acceptors (Lipinski definition) is 8. The third-order valence-corrected chi connectivity index (χ3v) is 8.47. The highest BCUT2D eigenvalue weighted by molar-refractivity contribution is 9.10. The van der Waals surface area contributed by atoms with Gasteiger partial charge < -0.3 is 19.1 Å². The predicted octanol–water partition coefficient (Wildman–Crippen LogP) is 6.13. The van der Waals surface area contributed by atoms with Gasteiger partial charge in [-0.25, -0.2) is 4.79 Å². The Bertz CT molecular complexity index is 1310. The van der Waals surface area contributed by atoms with E-state index in [0.717, 1.165) is 44.1 Å². The molecule has 2 aromatic rings. The fraction of sp³-hybridized carbons (Fsp3) is 0.400. The number of rotatable bonds is 11. The molecule has 2 fully saturated rings. The van der Waals surface area contributed by atoms with E-state index in [1.807, 2.05) is 24.8 Å². The number of likely N-dealkylation sites (tertiary alicyclic amines) is 1. The minimum absolute atomic E-state index is 0.0581. The molecule has 2 heterocycles. The van der Waals surface area contributed by atoms with E-state index in [1.54, 1.807) is 42.5 Å². The average Bonchev–Trinajstić information content (AvgIpc) is 3.24. The summed E-state index contributed by atoms with van der Waals surface area (Å²) in [5.74, 6) is -0.108. The van der Waals surface area contributed by atoms with Crippen LogP contribution in [0.5, 0.6) is 11.5 Å². The molecule has 1 atom stereocenters. The highest BCUT2D eigenvalue weighted by Gasteiger charge is 2.42. The second kappa shape index (κ2) is 14.8. The molecule has 1 unspecified atom stereocenters. The topological polar surface area (TPSA) is 85.4 Å². The van der Waals surface area contributed by atoms with Crippen LogP contribution < -0.4 is 9.47 Å². The lowest BCUT2D eigenvalue weighted by atomic mass is 10.1. The number of thiocarbonyl (C=S) groups is 1. The van der Waals surface area contributed by atoms with Gasteiger partial charge in [-0.05, 0) is 77.9 Å². The van der Waals surface area contributed by atoms with Crippen LogP contribution in [0.4, 0.5) is 0 Å². The number of nitrogens with zero attached hydrogens (tertiary/aromatic N) is 2. The third kappa shape index (κ3) is 7.69. The normalized spacial score (nSPS) is 17.1. The molecule has 2 amide bonds. The Labute approximate surface area is 258 Å². The Balaban J connectivity index is 1.57. The molecular formula is C30H33BrN2O6S2. The average molecular weight is 662 g/mol. The van der Waals surface area contributed by atoms with Crippen molar-refractivity contribution in [2.24, 2.45) is 0 Å². The number of benzene rings is 2. The molecule has 11 heteroatoms. The highest BCUT2D eigenvalue weighted by atomic mass is 79.9. The highest BCUT2D eigenvalue weighted by Crippen LogP contribution is 2.41. The number of hydrogen-bond donors (Lipinski definition) is 0. The minimum atomic E-state index is -0.986. The molecule has 4 rings (SSSR count). The number of halogens is 1. The molecule has 0 bridgehead atoms. The van der Waals surface area contributed by atoms with Crippen molar-refractivity contribution >= 4 is 68.1 Å². The molecule has 0 N–H and O–H groups in total. The lowest BCUT2D eigenvalue weighted by Gasteiger charge is -2.26. The summed E-state index contributed by atoms with van der Waals surface area (Å²) in [5.41, 5.74) is 1.29. The van der Waals surface area contributed by atoms with Crippen LogP contribution in [0.2, 0.25) is 0 Å². The maximum absolute atomic E-state index is 13.6. The number of ether oxygens (including phenoxy) is 3. The summed E-state index contributed by atoms with van der Waals surface area (Å²) in [6, 6.07) is 11.6. The third-order valence-electron chi connectivity index (χ3n) is 6.55. The second-order valence-electron chi connectivity index (χ2n) is 9.53. The zero-order valence-corrected chi connectivity index (χ0v) is 26.3. The first-order chi connectivity index (χ1) is 19.8. The van der Waals surface area contributed by atoms with Crippen LogP contribution in [0, 0.1) is 0 Å². The molecule has 2 aromatic carbocycles. The molecule has 0 saturated carbocycles. The summed E-state index contributed by atoms with van der Waals surface area (Å²) < 4.78 is 18.0. The van der Waals surface area contributed by atoms with Gasteiger partial charge in [0, 0.05) is 13.1 Å². The first kappa shape index (κ1) is 31.1. The summed E-state index contributed by atoms with van der Waals surface area (Å²) in [7, 11) is 0. The molecule has 2 aliphatic rings. The number of amides is 2. The standard InChI is InChI=1S/C30H33BrN2O6S2/c1-3-15-38-29(36)26(21-11-7-5-8-12-21)33-28(35)24(41-30(33)40)18-20-16-22(31)27(23(17-20)37-4-2)39-19-25(34)32-13-9-6-10-14-32/h5,7-8,11-12,16-18,26H,3-4,6,9-10,13-15,19H2,1-2H3/b24-18+. The largest absolute Gasteiger partial charge is 0.490 e. The van der Waals surface area contributed by atoms with Crippen molar-refractivity contribution in [2.75, 3.05) is 32.9 Å². The number of piperidine rings is 1. The van der Waals surface area contributed by atoms with E-state index in [2.05, 4.69) is 15.9 Å². The molecule has 0 spiro atoms. The lowest BCUT2D eigenvalue weighted by Crippen LogP contribution is -2.38. The second-order valence-corrected chi connectivity index (χ2v) is 12.1. The van der Waals surface area contributed by atoms with Crippen molar-refractivity contribution in [3.8, 4) is 11.5 Å². The van der Waals surface area contributed by atoms with Crippen LogP contribution in [-0.2, 0) is 19.1 Å². The van der Waals surface area contributed by atoms with Crippen LogP contribution in [0.15, 0.2) is 51.8 Å². The zero-order chi connectivity index (χ0) is 29.4. The van der Waals surface area contributed by atoms with E-state index in [1.165, 1.54) is 4.90 Å². The minimum Gasteiger partial charge on any atom is -0.490 e. The molecule has 0 aromatic heterocycles. The number of carbonyl (C=O) groups excluding carboxylic acids is 3. The molecule has 0 aliphatic carbocycles. The van der Waals surface area contributed by atoms with Crippen molar-refractivity contribution in [1.29, 1.82) is 0 Å². The summed E-state index contributed by atoms with van der Waals surface area (Å²) in [6.45, 7) is 5.80. The van der Waals surface area contributed by atoms with E-state index in [0.29, 0.717) is 45.0 Å². The molecule has 2 saturated heterocycles. The molecule has 8 nitrogen and oxygen atoms in total. The first-order valence-corrected chi connectivity index (χ1v) is 15.7. The van der Waals surface area contributed by atoms with Gasteiger partial charge in [0.15, 0.2) is 24.1 Å². The van der Waals surface area contributed by atoms with Gasteiger partial charge in [-0.3, -0.25) is 14.5 Å². The Hall–Kier alpha value is -2.89. The van der Waals surface area contributed by atoms with Crippen LogP contribution in [0.1, 0.15) is 56.7 Å². The van der Waals surface area contributed by atoms with Crippen molar-refractivity contribution in [2.45, 2.75) is 45.6 Å². The number of carbonyl (C=O) groups is 3. The lowest BCUT2D eigenvalue weighted by molar-refractivity contribution is -0.151. The van der Waals surface area contributed by atoms with Crippen LogP contribution >= 0.6 is 39.9 Å².